The molecule has 0 bridgehead atoms. The van der Waals surface area contributed by atoms with Crippen LogP contribution in [0.5, 0.6) is 0 Å². The van der Waals surface area contributed by atoms with E-state index in [0.29, 0.717) is 11.3 Å². The van der Waals surface area contributed by atoms with Gasteiger partial charge in [0.25, 0.3) is 11.7 Å². The molecule has 2 heterocycles. The Labute approximate surface area is 178 Å². The van der Waals surface area contributed by atoms with E-state index in [1.165, 1.54) is 12.3 Å². The third kappa shape index (κ3) is 3.39. The number of aliphatic hydroxyl groups is 1. The molecular formula is C22H13BrF2N2O3. The van der Waals surface area contributed by atoms with Gasteiger partial charge in [0, 0.05) is 28.0 Å². The number of aliphatic hydroxyl groups excluding tert-OH is 1. The zero-order valence-corrected chi connectivity index (χ0v) is 16.8. The summed E-state index contributed by atoms with van der Waals surface area (Å²) in [4.78, 5) is 31.0. The zero-order chi connectivity index (χ0) is 21.4. The van der Waals surface area contributed by atoms with Crippen LogP contribution in [-0.4, -0.2) is 21.8 Å². The van der Waals surface area contributed by atoms with Crippen molar-refractivity contribution in [3.05, 3.63) is 99.8 Å². The first kappa shape index (κ1) is 19.9. The predicted octanol–water partition coefficient (Wildman–Crippen LogP) is 4.75. The fourth-order valence-corrected chi connectivity index (χ4v) is 3.58. The van der Waals surface area contributed by atoms with Gasteiger partial charge in [-0.25, -0.2) is 8.78 Å². The molecule has 0 saturated carbocycles. The highest BCUT2D eigenvalue weighted by atomic mass is 79.9. The lowest BCUT2D eigenvalue weighted by molar-refractivity contribution is -0.132. The summed E-state index contributed by atoms with van der Waals surface area (Å²) in [6, 6.07) is 13.2. The number of carbonyl (C=O) groups excluding carboxylic acids is 2. The summed E-state index contributed by atoms with van der Waals surface area (Å²) in [6.45, 7) is 0. The Bertz CT molecular complexity index is 1180. The number of amides is 1. The van der Waals surface area contributed by atoms with E-state index >= 15 is 0 Å². The molecule has 1 aliphatic heterocycles. The number of benzene rings is 2. The van der Waals surface area contributed by atoms with Gasteiger partial charge in [0.1, 0.15) is 11.8 Å². The number of carbonyl (C=O) groups is 2. The second kappa shape index (κ2) is 7.79. The van der Waals surface area contributed by atoms with Gasteiger partial charge in [-0.3, -0.25) is 19.5 Å². The second-order valence-electron chi connectivity index (χ2n) is 6.53. The van der Waals surface area contributed by atoms with Crippen molar-refractivity contribution in [2.24, 2.45) is 0 Å². The van der Waals surface area contributed by atoms with E-state index in [-0.39, 0.29) is 17.0 Å². The van der Waals surface area contributed by atoms with E-state index in [9.17, 15) is 23.5 Å². The SMILES string of the molecule is O=C1C(=O)N(c2ccc(F)c(F)c2)C(c2ccccn2)/C1=C(\O)c1ccc(Br)cc1. The number of hydrogen-bond donors (Lipinski definition) is 1. The van der Waals surface area contributed by atoms with Crippen LogP contribution in [0.25, 0.3) is 5.76 Å². The summed E-state index contributed by atoms with van der Waals surface area (Å²) in [5.41, 5.74) is 0.398. The van der Waals surface area contributed by atoms with Crippen LogP contribution in [0.15, 0.2) is 76.9 Å². The lowest BCUT2D eigenvalue weighted by Crippen LogP contribution is -2.30. The number of halogens is 3. The number of aromatic nitrogens is 1. The molecule has 1 unspecified atom stereocenters. The fourth-order valence-electron chi connectivity index (χ4n) is 3.31. The van der Waals surface area contributed by atoms with Gasteiger partial charge in [-0.2, -0.15) is 0 Å². The number of ketones is 1. The lowest BCUT2D eigenvalue weighted by Gasteiger charge is -2.24. The summed E-state index contributed by atoms with van der Waals surface area (Å²) in [6.07, 6.45) is 1.47. The molecule has 0 aliphatic carbocycles. The minimum absolute atomic E-state index is 0.0264. The summed E-state index contributed by atoms with van der Waals surface area (Å²) in [5.74, 6) is -4.56. The largest absolute Gasteiger partial charge is 0.507 e. The van der Waals surface area contributed by atoms with Crippen molar-refractivity contribution >= 4 is 39.1 Å². The summed E-state index contributed by atoms with van der Waals surface area (Å²) < 4.78 is 28.1. The van der Waals surface area contributed by atoms with Gasteiger partial charge in [-0.1, -0.05) is 34.1 Å². The second-order valence-corrected chi connectivity index (χ2v) is 7.44. The van der Waals surface area contributed by atoms with Gasteiger partial charge in [0.15, 0.2) is 11.6 Å². The van der Waals surface area contributed by atoms with Gasteiger partial charge < -0.3 is 5.11 Å². The number of rotatable bonds is 3. The monoisotopic (exact) mass is 470 g/mol. The molecule has 1 saturated heterocycles. The van der Waals surface area contributed by atoms with Gasteiger partial charge in [-0.15, -0.1) is 0 Å². The van der Waals surface area contributed by atoms with Crippen molar-refractivity contribution in [1.82, 2.24) is 4.98 Å². The molecule has 0 spiro atoms. The normalized spacial score (nSPS) is 18.1. The van der Waals surface area contributed by atoms with Gasteiger partial charge in [0.05, 0.1) is 11.3 Å². The van der Waals surface area contributed by atoms with Crippen molar-refractivity contribution in [2.75, 3.05) is 4.90 Å². The molecule has 8 heteroatoms. The van der Waals surface area contributed by atoms with E-state index in [2.05, 4.69) is 20.9 Å². The summed E-state index contributed by atoms with van der Waals surface area (Å²) >= 11 is 3.30. The first-order chi connectivity index (χ1) is 14.4. The zero-order valence-electron chi connectivity index (χ0n) is 15.2. The van der Waals surface area contributed by atoms with Gasteiger partial charge >= 0.3 is 0 Å². The standard InChI is InChI=1S/C22H13BrF2N2O3/c23-13-6-4-12(5-7-13)20(28)18-19(17-3-1-2-10-26-17)27(22(30)21(18)29)14-8-9-15(24)16(25)11-14/h1-11,19,28H/b20-18+. The quantitative estimate of drug-likeness (QED) is 0.340. The van der Waals surface area contributed by atoms with E-state index in [0.717, 1.165) is 21.5 Å². The Hall–Kier alpha value is -3.39. The third-order valence-electron chi connectivity index (χ3n) is 4.71. The molecule has 1 N–H and O–H groups in total. The predicted molar refractivity (Wildman–Crippen MR) is 110 cm³/mol. The van der Waals surface area contributed by atoms with Crippen molar-refractivity contribution in [3.63, 3.8) is 0 Å². The molecular weight excluding hydrogens is 458 g/mol. The molecule has 0 radical (unpaired) electrons. The van der Waals surface area contributed by atoms with Crippen LogP contribution < -0.4 is 4.90 Å². The molecule has 1 aromatic heterocycles. The molecule has 4 rings (SSSR count). The maximum absolute atomic E-state index is 13.9. The molecule has 30 heavy (non-hydrogen) atoms. The Morgan fingerprint density at radius 1 is 1.00 bits per heavy atom. The molecule has 1 aliphatic rings. The smallest absolute Gasteiger partial charge is 0.300 e. The van der Waals surface area contributed by atoms with Crippen LogP contribution in [0.3, 0.4) is 0 Å². The van der Waals surface area contributed by atoms with E-state index < -0.39 is 29.4 Å². The number of pyridine rings is 1. The van der Waals surface area contributed by atoms with E-state index in [4.69, 9.17) is 0 Å². The van der Waals surface area contributed by atoms with E-state index in [1.807, 2.05) is 0 Å². The number of Topliss-reactive ketones (excluding diaryl/α,β-unsaturated/α-hetero) is 1. The van der Waals surface area contributed by atoms with Crippen LogP contribution in [0.1, 0.15) is 17.3 Å². The topological polar surface area (TPSA) is 70.5 Å². The number of anilines is 1. The maximum Gasteiger partial charge on any atom is 0.300 e. The highest BCUT2D eigenvalue weighted by Crippen LogP contribution is 2.41. The summed E-state index contributed by atoms with van der Waals surface area (Å²) in [7, 11) is 0. The highest BCUT2D eigenvalue weighted by molar-refractivity contribution is 9.10. The highest BCUT2D eigenvalue weighted by Gasteiger charge is 2.47. The average Bonchev–Trinajstić information content (AvgIpc) is 3.01. The third-order valence-corrected chi connectivity index (χ3v) is 5.24. The van der Waals surface area contributed by atoms with Crippen molar-refractivity contribution in [3.8, 4) is 0 Å². The molecule has 1 amide bonds. The Morgan fingerprint density at radius 3 is 2.37 bits per heavy atom. The van der Waals surface area contributed by atoms with Crippen LogP contribution in [-0.2, 0) is 9.59 Å². The Kier molecular flexibility index (Phi) is 5.17. The summed E-state index contributed by atoms with van der Waals surface area (Å²) in [5, 5.41) is 10.9. The number of hydrogen-bond acceptors (Lipinski definition) is 4. The average molecular weight is 471 g/mol. The molecule has 150 valence electrons. The minimum Gasteiger partial charge on any atom is -0.507 e. The van der Waals surface area contributed by atoms with Gasteiger partial charge in [-0.05, 0) is 36.4 Å². The van der Waals surface area contributed by atoms with Crippen molar-refractivity contribution in [2.45, 2.75) is 6.04 Å². The molecule has 5 nitrogen and oxygen atoms in total. The van der Waals surface area contributed by atoms with Crippen molar-refractivity contribution < 1.29 is 23.5 Å². The number of nitrogens with zero attached hydrogens (tertiary/aromatic N) is 2. The molecule has 3 aromatic rings. The molecule has 1 fully saturated rings. The first-order valence-corrected chi connectivity index (χ1v) is 9.60. The van der Waals surface area contributed by atoms with Crippen LogP contribution in [0.2, 0.25) is 0 Å². The van der Waals surface area contributed by atoms with Crippen LogP contribution in [0, 0.1) is 11.6 Å². The van der Waals surface area contributed by atoms with Gasteiger partial charge in [0.2, 0.25) is 0 Å². The first-order valence-electron chi connectivity index (χ1n) is 8.81. The minimum atomic E-state index is -1.16. The Balaban J connectivity index is 1.94. The fraction of sp³-hybridized carbons (Fsp3) is 0.0455. The lowest BCUT2D eigenvalue weighted by atomic mass is 9.98. The van der Waals surface area contributed by atoms with Crippen LogP contribution in [0.4, 0.5) is 14.5 Å². The molecule has 2 aromatic carbocycles. The van der Waals surface area contributed by atoms with Crippen molar-refractivity contribution in [1.29, 1.82) is 0 Å². The van der Waals surface area contributed by atoms with E-state index in [1.54, 1.807) is 42.5 Å². The maximum atomic E-state index is 13.9. The molecule has 1 atom stereocenters. The Morgan fingerprint density at radius 2 is 1.73 bits per heavy atom. The van der Waals surface area contributed by atoms with Crippen LogP contribution >= 0.6 is 15.9 Å².